The Balaban J connectivity index is 1.46. The predicted octanol–water partition coefficient (Wildman–Crippen LogP) is 2.15. The van der Waals surface area contributed by atoms with Crippen LogP contribution in [-0.2, 0) is 5.75 Å². The van der Waals surface area contributed by atoms with Crippen molar-refractivity contribution in [2.24, 2.45) is 5.41 Å². The third-order valence-corrected chi connectivity index (χ3v) is 6.02. The molecule has 0 unspecified atom stereocenters. The Morgan fingerprint density at radius 1 is 1.50 bits per heavy atom. The van der Waals surface area contributed by atoms with Crippen LogP contribution in [0.4, 0.5) is 0 Å². The van der Waals surface area contributed by atoms with E-state index in [1.54, 1.807) is 18.7 Å². The minimum Gasteiger partial charge on any atom is -0.347 e. The van der Waals surface area contributed by atoms with Gasteiger partial charge in [-0.05, 0) is 18.6 Å². The van der Waals surface area contributed by atoms with Crippen LogP contribution in [0.5, 0.6) is 0 Å². The highest BCUT2D eigenvalue weighted by atomic mass is 32.2. The Morgan fingerprint density at radius 2 is 2.33 bits per heavy atom. The zero-order valence-electron chi connectivity index (χ0n) is 13.7. The van der Waals surface area contributed by atoms with Crippen molar-refractivity contribution in [3.63, 3.8) is 0 Å². The van der Waals surface area contributed by atoms with Crippen molar-refractivity contribution in [2.45, 2.75) is 43.0 Å². The van der Waals surface area contributed by atoms with Crippen molar-refractivity contribution in [1.82, 2.24) is 20.8 Å². The number of aryl methyl sites for hydroxylation is 1. The normalized spacial score (nSPS) is 27.8. The number of amides is 1. The summed E-state index contributed by atoms with van der Waals surface area (Å²) in [5, 5.41) is 10.6. The quantitative estimate of drug-likeness (QED) is 0.809. The van der Waals surface area contributed by atoms with Gasteiger partial charge in [-0.3, -0.25) is 4.79 Å². The van der Waals surface area contributed by atoms with Crippen molar-refractivity contribution < 1.29 is 9.32 Å². The highest BCUT2D eigenvalue weighted by molar-refractivity contribution is 7.98. The molecule has 3 heterocycles. The van der Waals surface area contributed by atoms with E-state index in [1.165, 1.54) is 0 Å². The first-order valence-corrected chi connectivity index (χ1v) is 9.09. The van der Waals surface area contributed by atoms with Crippen LogP contribution in [0.15, 0.2) is 33.7 Å². The van der Waals surface area contributed by atoms with Crippen molar-refractivity contribution in [3.8, 4) is 0 Å². The van der Waals surface area contributed by atoms with Crippen LogP contribution in [0.1, 0.15) is 35.4 Å². The lowest BCUT2D eigenvalue weighted by Gasteiger charge is -2.44. The van der Waals surface area contributed by atoms with Gasteiger partial charge in [0.25, 0.3) is 5.91 Å². The highest BCUT2D eigenvalue weighted by Gasteiger charge is 2.56. The van der Waals surface area contributed by atoms with Crippen LogP contribution in [-0.4, -0.2) is 34.7 Å². The summed E-state index contributed by atoms with van der Waals surface area (Å²) in [7, 11) is 0. The largest absolute Gasteiger partial charge is 0.347 e. The fourth-order valence-corrected chi connectivity index (χ4v) is 4.52. The van der Waals surface area contributed by atoms with Gasteiger partial charge in [0.15, 0.2) is 5.82 Å². The third-order valence-electron chi connectivity index (χ3n) is 4.95. The minimum atomic E-state index is -0.00739. The molecule has 24 heavy (non-hydrogen) atoms. The summed E-state index contributed by atoms with van der Waals surface area (Å²) in [6, 6.07) is 8.31. The lowest BCUT2D eigenvalue weighted by atomic mass is 9.67. The Labute approximate surface area is 144 Å². The SMILES string of the molecule is Cc1nc(CSc2ccccc2C(=O)N[C@@H]2[C@H]3C[C@]2(C)CN3)no1. The molecule has 2 aromatic rings. The first-order valence-electron chi connectivity index (χ1n) is 8.10. The molecule has 126 valence electrons. The standard InChI is InChI=1S/C17H20N4O2S/c1-10-19-14(21-23-10)8-24-13-6-4-3-5-11(13)16(22)20-15-12-7-17(15,2)9-18-12/h3-6,12,15,18H,7-9H2,1-2H3,(H,20,22)/t12-,15-,17-/m1/s1. The number of rotatable bonds is 5. The maximum atomic E-state index is 12.7. The minimum absolute atomic E-state index is 0.00739. The van der Waals surface area contributed by atoms with Gasteiger partial charge in [0, 0.05) is 29.8 Å². The van der Waals surface area contributed by atoms with Gasteiger partial charge in [0.05, 0.1) is 17.4 Å². The Hall–Kier alpha value is -1.86. The predicted molar refractivity (Wildman–Crippen MR) is 90.8 cm³/mol. The number of thioether (sulfide) groups is 1. The van der Waals surface area contributed by atoms with Crippen LogP contribution in [0.2, 0.25) is 0 Å². The van der Waals surface area contributed by atoms with Gasteiger partial charge in [-0.25, -0.2) is 0 Å². The fourth-order valence-electron chi connectivity index (χ4n) is 3.62. The number of hydrogen-bond donors (Lipinski definition) is 2. The lowest BCUT2D eigenvalue weighted by Crippen LogP contribution is -2.59. The van der Waals surface area contributed by atoms with Crippen molar-refractivity contribution in [3.05, 3.63) is 41.5 Å². The van der Waals surface area contributed by atoms with Crippen molar-refractivity contribution >= 4 is 17.7 Å². The molecule has 2 bridgehead atoms. The monoisotopic (exact) mass is 344 g/mol. The molecule has 6 nitrogen and oxygen atoms in total. The number of hydrogen-bond acceptors (Lipinski definition) is 6. The number of fused-ring (bicyclic) bond motifs is 1. The number of carbonyl (C=O) groups is 1. The first-order chi connectivity index (χ1) is 11.5. The molecule has 5 rings (SSSR count). The highest BCUT2D eigenvalue weighted by Crippen LogP contribution is 2.46. The maximum Gasteiger partial charge on any atom is 0.252 e. The number of carbonyl (C=O) groups excluding carboxylic acids is 1. The van der Waals surface area contributed by atoms with Crippen LogP contribution in [0.25, 0.3) is 0 Å². The van der Waals surface area contributed by atoms with Crippen LogP contribution in [0.3, 0.4) is 0 Å². The second-order valence-corrected chi connectivity index (χ2v) is 7.83. The number of benzene rings is 1. The molecule has 3 atom stereocenters. The second kappa shape index (κ2) is 5.89. The maximum absolute atomic E-state index is 12.7. The number of nitrogens with one attached hydrogen (secondary N) is 2. The van der Waals surface area contributed by atoms with Crippen LogP contribution in [0, 0.1) is 12.3 Å². The molecule has 1 amide bonds. The molecule has 0 radical (unpaired) electrons. The molecule has 3 fully saturated rings. The van der Waals surface area contributed by atoms with Crippen LogP contribution < -0.4 is 10.6 Å². The zero-order valence-corrected chi connectivity index (χ0v) is 14.5. The van der Waals surface area contributed by atoms with Crippen molar-refractivity contribution in [1.29, 1.82) is 0 Å². The molecular weight excluding hydrogens is 324 g/mol. The van der Waals surface area contributed by atoms with E-state index < -0.39 is 0 Å². The average molecular weight is 344 g/mol. The molecule has 2 saturated heterocycles. The van der Waals surface area contributed by atoms with Gasteiger partial charge in [-0.1, -0.05) is 24.2 Å². The van der Waals surface area contributed by atoms with E-state index in [9.17, 15) is 4.79 Å². The molecule has 1 aromatic heterocycles. The smallest absolute Gasteiger partial charge is 0.252 e. The summed E-state index contributed by atoms with van der Waals surface area (Å²) in [6.45, 7) is 4.98. The Morgan fingerprint density at radius 3 is 3.00 bits per heavy atom. The first kappa shape index (κ1) is 15.7. The molecule has 2 aliphatic heterocycles. The van der Waals surface area contributed by atoms with E-state index in [2.05, 4.69) is 27.7 Å². The Bertz CT molecular complexity index is 773. The number of aromatic nitrogens is 2. The van der Waals surface area contributed by atoms with Gasteiger partial charge in [0.2, 0.25) is 5.89 Å². The molecule has 2 N–H and O–H groups in total. The fraction of sp³-hybridized carbons (Fsp3) is 0.471. The third kappa shape index (κ3) is 2.71. The summed E-state index contributed by atoms with van der Waals surface area (Å²) >= 11 is 1.55. The molecular formula is C17H20N4O2S. The summed E-state index contributed by atoms with van der Waals surface area (Å²) in [5.41, 5.74) is 0.905. The van der Waals surface area contributed by atoms with Gasteiger partial charge in [-0.15, -0.1) is 11.8 Å². The van der Waals surface area contributed by atoms with E-state index in [0.717, 1.165) is 17.9 Å². The molecule has 0 spiro atoms. The van der Waals surface area contributed by atoms with Gasteiger partial charge in [0.1, 0.15) is 0 Å². The van der Waals surface area contributed by atoms with E-state index >= 15 is 0 Å². The van der Waals surface area contributed by atoms with E-state index in [-0.39, 0.29) is 17.4 Å². The van der Waals surface area contributed by atoms with E-state index in [1.807, 2.05) is 24.3 Å². The van der Waals surface area contributed by atoms with Gasteiger partial charge >= 0.3 is 0 Å². The van der Waals surface area contributed by atoms with Crippen LogP contribution >= 0.6 is 11.8 Å². The summed E-state index contributed by atoms with van der Waals surface area (Å²) < 4.78 is 4.99. The van der Waals surface area contributed by atoms with E-state index in [0.29, 0.717) is 29.1 Å². The van der Waals surface area contributed by atoms with Crippen molar-refractivity contribution in [2.75, 3.05) is 6.54 Å². The molecule has 3 aliphatic rings. The summed E-state index contributed by atoms with van der Waals surface area (Å²) in [4.78, 5) is 17.9. The molecule has 7 heteroatoms. The Kier molecular flexibility index (Phi) is 3.85. The van der Waals surface area contributed by atoms with E-state index in [4.69, 9.17) is 4.52 Å². The number of nitrogens with zero attached hydrogens (tertiary/aromatic N) is 2. The summed E-state index contributed by atoms with van der Waals surface area (Å²) in [6.07, 6.45) is 1.14. The molecule has 1 aromatic carbocycles. The molecule has 1 saturated carbocycles. The topological polar surface area (TPSA) is 80.0 Å². The zero-order chi connectivity index (χ0) is 16.7. The lowest BCUT2D eigenvalue weighted by molar-refractivity contribution is 0.0794. The second-order valence-electron chi connectivity index (χ2n) is 6.81. The summed E-state index contributed by atoms with van der Waals surface area (Å²) in [5.74, 6) is 1.76. The average Bonchev–Trinajstić information content (AvgIpc) is 3.25. The van der Waals surface area contributed by atoms with Gasteiger partial charge in [-0.2, -0.15) is 4.98 Å². The van der Waals surface area contributed by atoms with Gasteiger partial charge < -0.3 is 15.2 Å². The molecule has 1 aliphatic carbocycles.